The average molecular weight is 439 g/mol. The largest absolute Gasteiger partial charge is 0.507 e. The Kier molecular flexibility index (Phi) is 6.78. The van der Waals surface area contributed by atoms with Crippen LogP contribution in [-0.4, -0.2) is 54.0 Å². The Morgan fingerprint density at radius 1 is 1.06 bits per heavy atom. The van der Waals surface area contributed by atoms with Gasteiger partial charge in [-0.15, -0.1) is 0 Å². The third-order valence-corrected chi connectivity index (χ3v) is 5.30. The number of carbonyl (C=O) groups is 1. The highest BCUT2D eigenvalue weighted by atomic mass is 16.3. The SMILES string of the molecule is CC1(C)CC(Nc2cnc(-c3ccc(-c4cn[nH]c4)cc3O)cn2)CC(C)(C)N1.O=CO. The van der Waals surface area contributed by atoms with Crippen molar-refractivity contribution in [3.05, 3.63) is 43.0 Å². The summed E-state index contributed by atoms with van der Waals surface area (Å²) in [5.41, 5.74) is 3.23. The zero-order chi connectivity index (χ0) is 23.4. The first-order chi connectivity index (χ1) is 15.1. The number of phenols is 1. The molecule has 1 fully saturated rings. The summed E-state index contributed by atoms with van der Waals surface area (Å²) in [5.74, 6) is 0.919. The van der Waals surface area contributed by atoms with Crippen molar-refractivity contribution in [3.8, 4) is 28.1 Å². The molecule has 0 radical (unpaired) electrons. The van der Waals surface area contributed by atoms with E-state index in [1.54, 1.807) is 30.9 Å². The minimum atomic E-state index is -0.250. The number of anilines is 1. The first kappa shape index (κ1) is 23.2. The fourth-order valence-electron chi connectivity index (χ4n) is 4.51. The normalized spacial score (nSPS) is 17.1. The molecule has 170 valence electrons. The van der Waals surface area contributed by atoms with Gasteiger partial charge in [0.1, 0.15) is 11.6 Å². The number of benzene rings is 1. The number of hydrogen-bond donors (Lipinski definition) is 5. The quantitative estimate of drug-likeness (QED) is 0.389. The monoisotopic (exact) mass is 438 g/mol. The Morgan fingerprint density at radius 2 is 1.75 bits per heavy atom. The van der Waals surface area contributed by atoms with Gasteiger partial charge in [0, 0.05) is 34.4 Å². The number of nitrogens with one attached hydrogen (secondary N) is 3. The van der Waals surface area contributed by atoms with Crippen LogP contribution in [0.3, 0.4) is 0 Å². The second kappa shape index (κ2) is 9.35. The van der Waals surface area contributed by atoms with Crippen LogP contribution in [-0.2, 0) is 4.79 Å². The van der Waals surface area contributed by atoms with Crippen LogP contribution in [0.5, 0.6) is 5.75 Å². The molecule has 3 heterocycles. The molecule has 5 N–H and O–H groups in total. The number of H-pyrrole nitrogens is 1. The van der Waals surface area contributed by atoms with Gasteiger partial charge in [0.25, 0.3) is 6.47 Å². The highest BCUT2D eigenvalue weighted by Crippen LogP contribution is 2.33. The zero-order valence-electron chi connectivity index (χ0n) is 18.8. The first-order valence-corrected chi connectivity index (χ1v) is 10.4. The molecule has 9 heteroatoms. The van der Waals surface area contributed by atoms with E-state index < -0.39 is 0 Å². The molecule has 0 spiro atoms. The van der Waals surface area contributed by atoms with E-state index in [2.05, 4.69) is 58.5 Å². The van der Waals surface area contributed by atoms with Crippen molar-refractivity contribution in [3.63, 3.8) is 0 Å². The predicted molar refractivity (Wildman–Crippen MR) is 123 cm³/mol. The summed E-state index contributed by atoms with van der Waals surface area (Å²) in [6, 6.07) is 5.83. The second-order valence-corrected chi connectivity index (χ2v) is 9.25. The maximum atomic E-state index is 10.5. The standard InChI is InChI=1S/C22H28N6O.CH2O2/c1-21(2)8-16(9-22(3,4)28-21)27-20-13-23-18(12-24-20)17-6-5-14(7-19(17)29)15-10-25-26-11-15;2-1-3/h5-7,10-13,16,28-29H,8-9H2,1-4H3,(H,24,27)(H,25,26);1H,(H,2,3). The van der Waals surface area contributed by atoms with Crippen LogP contribution in [0, 0.1) is 0 Å². The van der Waals surface area contributed by atoms with Crippen LogP contribution in [0.4, 0.5) is 5.82 Å². The highest BCUT2D eigenvalue weighted by molar-refractivity contribution is 5.73. The van der Waals surface area contributed by atoms with Gasteiger partial charge < -0.3 is 20.8 Å². The molecular formula is C23H30N6O3. The van der Waals surface area contributed by atoms with Gasteiger partial charge >= 0.3 is 0 Å². The molecule has 0 atom stereocenters. The van der Waals surface area contributed by atoms with E-state index in [1.165, 1.54) is 0 Å². The average Bonchev–Trinajstić information content (AvgIpc) is 3.22. The minimum Gasteiger partial charge on any atom is -0.507 e. The van der Waals surface area contributed by atoms with Crippen molar-refractivity contribution in [2.24, 2.45) is 0 Å². The van der Waals surface area contributed by atoms with Crippen molar-refractivity contribution < 1.29 is 15.0 Å². The molecule has 32 heavy (non-hydrogen) atoms. The lowest BCUT2D eigenvalue weighted by atomic mass is 9.79. The molecule has 1 saturated heterocycles. The second-order valence-electron chi connectivity index (χ2n) is 9.25. The minimum absolute atomic E-state index is 0.0648. The van der Waals surface area contributed by atoms with Crippen LogP contribution < -0.4 is 10.6 Å². The van der Waals surface area contributed by atoms with Crippen LogP contribution in [0.1, 0.15) is 40.5 Å². The molecule has 1 aliphatic heterocycles. The molecule has 0 aliphatic carbocycles. The molecule has 0 unspecified atom stereocenters. The number of hydrogen-bond acceptors (Lipinski definition) is 7. The maximum absolute atomic E-state index is 10.5. The molecule has 0 amide bonds. The van der Waals surface area contributed by atoms with Crippen LogP contribution in [0.15, 0.2) is 43.0 Å². The number of phenolic OH excluding ortho intramolecular Hbond substituents is 1. The lowest BCUT2D eigenvalue weighted by Gasteiger charge is -2.46. The maximum Gasteiger partial charge on any atom is 0.290 e. The van der Waals surface area contributed by atoms with E-state index in [9.17, 15) is 5.11 Å². The lowest BCUT2D eigenvalue weighted by molar-refractivity contribution is -0.122. The Labute approximate surface area is 187 Å². The van der Waals surface area contributed by atoms with E-state index in [0.29, 0.717) is 17.3 Å². The third-order valence-electron chi connectivity index (χ3n) is 5.30. The predicted octanol–water partition coefficient (Wildman–Crippen LogP) is 3.66. The van der Waals surface area contributed by atoms with Crippen LogP contribution in [0.2, 0.25) is 0 Å². The molecular weight excluding hydrogens is 408 g/mol. The highest BCUT2D eigenvalue weighted by Gasteiger charge is 2.37. The Morgan fingerprint density at radius 3 is 2.28 bits per heavy atom. The topological polar surface area (TPSA) is 136 Å². The van der Waals surface area contributed by atoms with Crippen molar-refractivity contribution in [1.29, 1.82) is 0 Å². The smallest absolute Gasteiger partial charge is 0.290 e. The van der Waals surface area contributed by atoms with Crippen molar-refractivity contribution in [2.45, 2.75) is 57.7 Å². The fourth-order valence-corrected chi connectivity index (χ4v) is 4.51. The molecule has 0 saturated carbocycles. The van der Waals surface area contributed by atoms with Crippen molar-refractivity contribution >= 4 is 12.3 Å². The van der Waals surface area contributed by atoms with E-state index in [0.717, 1.165) is 29.8 Å². The van der Waals surface area contributed by atoms with Crippen molar-refractivity contribution in [2.75, 3.05) is 5.32 Å². The number of nitrogens with zero attached hydrogens (tertiary/aromatic N) is 3. The summed E-state index contributed by atoms with van der Waals surface area (Å²) in [7, 11) is 0. The van der Waals surface area contributed by atoms with Crippen LogP contribution in [0.25, 0.3) is 22.4 Å². The Bertz CT molecular complexity index is 1020. The van der Waals surface area contributed by atoms with Gasteiger partial charge in [0.15, 0.2) is 0 Å². The van der Waals surface area contributed by atoms with Crippen LogP contribution >= 0.6 is 0 Å². The summed E-state index contributed by atoms with van der Waals surface area (Å²) in [6.07, 6.45) is 8.97. The van der Waals surface area contributed by atoms with Gasteiger partial charge in [0.05, 0.1) is 24.3 Å². The summed E-state index contributed by atoms with van der Waals surface area (Å²) in [5, 5.41) is 31.3. The Hall–Kier alpha value is -3.46. The Balaban J connectivity index is 0.000000913. The number of piperidine rings is 1. The summed E-state index contributed by atoms with van der Waals surface area (Å²) in [4.78, 5) is 17.4. The molecule has 1 aliphatic rings. The number of carboxylic acid groups (broad SMARTS) is 1. The first-order valence-electron chi connectivity index (χ1n) is 10.4. The van der Waals surface area contributed by atoms with E-state index in [-0.39, 0.29) is 23.3 Å². The lowest BCUT2D eigenvalue weighted by Crippen LogP contribution is -2.60. The number of aromatic nitrogens is 4. The van der Waals surface area contributed by atoms with E-state index in [1.807, 2.05) is 12.1 Å². The number of rotatable bonds is 4. The summed E-state index contributed by atoms with van der Waals surface area (Å²) in [6.45, 7) is 8.67. The molecule has 9 nitrogen and oxygen atoms in total. The molecule has 1 aromatic carbocycles. The molecule has 0 bridgehead atoms. The molecule has 3 aromatic rings. The summed E-state index contributed by atoms with van der Waals surface area (Å²) < 4.78 is 0. The number of aromatic amines is 1. The zero-order valence-corrected chi connectivity index (χ0v) is 18.8. The van der Waals surface area contributed by atoms with E-state index >= 15 is 0 Å². The van der Waals surface area contributed by atoms with Gasteiger partial charge in [-0.05, 0) is 58.2 Å². The van der Waals surface area contributed by atoms with Gasteiger partial charge in [0.2, 0.25) is 0 Å². The van der Waals surface area contributed by atoms with Crippen molar-refractivity contribution in [1.82, 2.24) is 25.5 Å². The fraction of sp³-hybridized carbons (Fsp3) is 0.391. The van der Waals surface area contributed by atoms with Gasteiger partial charge in [-0.3, -0.25) is 14.9 Å². The third kappa shape index (κ3) is 5.82. The number of aromatic hydroxyl groups is 1. The molecule has 2 aromatic heterocycles. The van der Waals surface area contributed by atoms with E-state index in [4.69, 9.17) is 9.90 Å². The summed E-state index contributed by atoms with van der Waals surface area (Å²) >= 11 is 0. The van der Waals surface area contributed by atoms with Gasteiger partial charge in [-0.1, -0.05) is 6.07 Å². The van der Waals surface area contributed by atoms with Gasteiger partial charge in [-0.25, -0.2) is 4.98 Å². The van der Waals surface area contributed by atoms with Gasteiger partial charge in [-0.2, -0.15) is 5.10 Å². The molecule has 4 rings (SSSR count).